The van der Waals surface area contributed by atoms with Gasteiger partial charge in [0.25, 0.3) is 10.0 Å². The first-order valence-corrected chi connectivity index (χ1v) is 12.5. The number of aryl methyl sites for hydroxylation is 2. The molecular formula is C25H25N7O3S. The number of rotatable bonds is 9. The molecule has 0 saturated carbocycles. The molecule has 0 unspecified atom stereocenters. The highest BCUT2D eigenvalue weighted by atomic mass is 32.2. The summed E-state index contributed by atoms with van der Waals surface area (Å²) in [5.74, 6) is -0.434. The normalized spacial score (nSPS) is 11.4. The number of benzene rings is 2. The third-order valence-corrected chi connectivity index (χ3v) is 7.32. The summed E-state index contributed by atoms with van der Waals surface area (Å²) in [4.78, 5) is 23.3. The Morgan fingerprint density at radius 2 is 1.75 bits per heavy atom. The molecule has 2 heterocycles. The third-order valence-electron chi connectivity index (χ3n) is 5.64. The number of carbonyl (C=O) groups is 1. The lowest BCUT2D eigenvalue weighted by molar-refractivity contribution is -0.119. The number of nitriles is 1. The van der Waals surface area contributed by atoms with Crippen LogP contribution in [0.15, 0.2) is 84.7 Å². The Balaban J connectivity index is 1.69. The zero-order valence-corrected chi connectivity index (χ0v) is 20.7. The topological polar surface area (TPSA) is 117 Å². The molecular weight excluding hydrogens is 478 g/mol. The summed E-state index contributed by atoms with van der Waals surface area (Å²) in [6.45, 7) is -0.242. The fourth-order valence-electron chi connectivity index (χ4n) is 3.64. The van der Waals surface area contributed by atoms with Crippen LogP contribution in [-0.4, -0.2) is 44.3 Å². The molecule has 0 aliphatic rings. The predicted octanol–water partition coefficient (Wildman–Crippen LogP) is 2.45. The van der Waals surface area contributed by atoms with Crippen LogP contribution in [0, 0.1) is 11.3 Å². The number of aromatic nitrogens is 4. The van der Waals surface area contributed by atoms with E-state index in [1.807, 2.05) is 25.2 Å². The predicted molar refractivity (Wildman–Crippen MR) is 133 cm³/mol. The van der Waals surface area contributed by atoms with Crippen molar-refractivity contribution in [1.82, 2.24) is 23.4 Å². The Hall–Kier alpha value is -4.27. The smallest absolute Gasteiger partial charge is 0.262 e. The molecule has 4 aromatic rings. The first-order valence-electron chi connectivity index (χ1n) is 11.1. The molecule has 0 bridgehead atoms. The molecule has 184 valence electrons. The van der Waals surface area contributed by atoms with E-state index in [0.717, 1.165) is 15.6 Å². The van der Waals surface area contributed by atoms with E-state index in [0.29, 0.717) is 11.3 Å². The molecule has 36 heavy (non-hydrogen) atoms. The number of sulfonamides is 1. The van der Waals surface area contributed by atoms with Crippen LogP contribution in [0.2, 0.25) is 0 Å². The zero-order valence-electron chi connectivity index (χ0n) is 19.9. The van der Waals surface area contributed by atoms with Crippen LogP contribution < -0.4 is 4.90 Å². The van der Waals surface area contributed by atoms with Gasteiger partial charge in [0.15, 0.2) is 5.03 Å². The molecule has 0 aliphatic carbocycles. The highest BCUT2D eigenvalue weighted by Crippen LogP contribution is 2.22. The summed E-state index contributed by atoms with van der Waals surface area (Å²) < 4.78 is 31.5. The molecule has 0 spiro atoms. The summed E-state index contributed by atoms with van der Waals surface area (Å²) in [5.41, 5.74) is 2.49. The largest absolute Gasteiger partial charge is 0.339 e. The van der Waals surface area contributed by atoms with Crippen molar-refractivity contribution in [2.45, 2.75) is 18.1 Å². The summed E-state index contributed by atoms with van der Waals surface area (Å²) in [6.07, 6.45) is 6.09. The van der Waals surface area contributed by atoms with E-state index >= 15 is 0 Å². The molecule has 10 nitrogen and oxygen atoms in total. The van der Waals surface area contributed by atoms with E-state index in [1.54, 1.807) is 65.1 Å². The number of carbonyl (C=O) groups excluding carboxylic acids is 1. The fraction of sp³-hybridized carbons (Fsp3) is 0.200. The van der Waals surface area contributed by atoms with E-state index in [9.17, 15) is 13.2 Å². The Kier molecular flexibility index (Phi) is 7.28. The highest BCUT2D eigenvalue weighted by Gasteiger charge is 2.31. The van der Waals surface area contributed by atoms with Gasteiger partial charge < -0.3 is 14.0 Å². The zero-order chi connectivity index (χ0) is 25.7. The summed E-state index contributed by atoms with van der Waals surface area (Å²) in [5, 5.41) is 9.02. The lowest BCUT2D eigenvalue weighted by atomic mass is 10.2. The first kappa shape index (κ1) is 24.8. The summed E-state index contributed by atoms with van der Waals surface area (Å²) in [6, 6.07) is 17.7. The molecule has 0 radical (unpaired) electrons. The van der Waals surface area contributed by atoms with Crippen molar-refractivity contribution in [1.29, 1.82) is 5.26 Å². The second kappa shape index (κ2) is 10.6. The van der Waals surface area contributed by atoms with E-state index in [2.05, 4.69) is 16.0 Å². The van der Waals surface area contributed by atoms with Gasteiger partial charge in [0.05, 0.1) is 43.1 Å². The quantitative estimate of drug-likeness (QED) is 0.346. The van der Waals surface area contributed by atoms with E-state index in [1.165, 1.54) is 17.4 Å². The van der Waals surface area contributed by atoms with E-state index in [4.69, 9.17) is 5.26 Å². The molecule has 2 aromatic carbocycles. The molecule has 4 rings (SSSR count). The monoisotopic (exact) mass is 503 g/mol. The Morgan fingerprint density at radius 1 is 1.03 bits per heavy atom. The van der Waals surface area contributed by atoms with Gasteiger partial charge in [-0.2, -0.15) is 9.57 Å². The second-order valence-electron chi connectivity index (χ2n) is 8.27. The molecule has 0 saturated heterocycles. The van der Waals surface area contributed by atoms with Crippen LogP contribution in [0.5, 0.6) is 0 Å². The van der Waals surface area contributed by atoms with Crippen LogP contribution in [-0.2, 0) is 42.0 Å². The minimum atomic E-state index is -4.08. The average molecular weight is 504 g/mol. The van der Waals surface area contributed by atoms with Crippen LogP contribution in [0.25, 0.3) is 0 Å². The molecule has 1 amide bonds. The van der Waals surface area contributed by atoms with Crippen LogP contribution in [0.1, 0.15) is 16.8 Å². The molecule has 11 heteroatoms. The Morgan fingerprint density at radius 3 is 2.33 bits per heavy atom. The van der Waals surface area contributed by atoms with Crippen LogP contribution in [0.3, 0.4) is 0 Å². The van der Waals surface area contributed by atoms with Crippen molar-refractivity contribution in [3.63, 3.8) is 0 Å². The average Bonchev–Trinajstić information content (AvgIpc) is 3.51. The fourth-order valence-corrected chi connectivity index (χ4v) is 4.99. The van der Waals surface area contributed by atoms with Gasteiger partial charge in [0.2, 0.25) is 5.91 Å². The Labute approximate surface area is 209 Å². The molecule has 0 aliphatic heterocycles. The van der Waals surface area contributed by atoms with E-state index in [-0.39, 0.29) is 18.1 Å². The maximum atomic E-state index is 13.7. The molecule has 0 fully saturated rings. The number of anilines is 1. The van der Waals surface area contributed by atoms with Crippen LogP contribution >= 0.6 is 0 Å². The summed E-state index contributed by atoms with van der Waals surface area (Å²) >= 11 is 0. The number of nitrogens with zero attached hydrogens (tertiary/aromatic N) is 7. The third kappa shape index (κ3) is 5.51. The number of imidazole rings is 2. The van der Waals surface area contributed by atoms with Crippen molar-refractivity contribution < 1.29 is 13.2 Å². The van der Waals surface area contributed by atoms with Gasteiger partial charge in [-0.3, -0.25) is 4.79 Å². The number of amides is 1. The van der Waals surface area contributed by atoms with Crippen LogP contribution in [0.4, 0.5) is 5.69 Å². The van der Waals surface area contributed by atoms with Crippen molar-refractivity contribution in [3.8, 4) is 6.07 Å². The van der Waals surface area contributed by atoms with Crippen molar-refractivity contribution >= 4 is 21.6 Å². The molecule has 0 atom stereocenters. The minimum absolute atomic E-state index is 0.00158. The Bertz CT molecular complexity index is 1490. The molecule has 0 N–H and O–H groups in total. The van der Waals surface area contributed by atoms with Crippen molar-refractivity contribution in [3.05, 3.63) is 96.5 Å². The van der Waals surface area contributed by atoms with Crippen molar-refractivity contribution in [2.75, 3.05) is 11.4 Å². The van der Waals surface area contributed by atoms with Gasteiger partial charge in [0.1, 0.15) is 0 Å². The SMILES string of the molecule is Cn1cnc(S(=O)(=O)N(CC(=O)N(Cc2cncn2C)c2ccc(C#N)cc2)Cc2ccccc2)c1. The highest BCUT2D eigenvalue weighted by molar-refractivity contribution is 7.89. The lowest BCUT2D eigenvalue weighted by Crippen LogP contribution is -2.42. The van der Waals surface area contributed by atoms with Gasteiger partial charge in [0, 0.05) is 38.7 Å². The van der Waals surface area contributed by atoms with Gasteiger partial charge in [-0.15, -0.1) is 0 Å². The lowest BCUT2D eigenvalue weighted by Gasteiger charge is -2.27. The van der Waals surface area contributed by atoms with E-state index < -0.39 is 22.5 Å². The maximum Gasteiger partial charge on any atom is 0.262 e. The van der Waals surface area contributed by atoms with Crippen molar-refractivity contribution in [2.24, 2.45) is 14.1 Å². The number of hydrogen-bond donors (Lipinski definition) is 0. The van der Waals surface area contributed by atoms with Gasteiger partial charge in [-0.25, -0.2) is 18.4 Å². The maximum absolute atomic E-state index is 13.7. The van der Waals surface area contributed by atoms with Gasteiger partial charge in [-0.05, 0) is 29.8 Å². The molecule has 2 aromatic heterocycles. The summed E-state index contributed by atoms with van der Waals surface area (Å²) in [7, 11) is -0.581. The first-order chi connectivity index (χ1) is 17.3. The minimum Gasteiger partial charge on any atom is -0.339 e. The second-order valence-corrected chi connectivity index (χ2v) is 10.2. The van der Waals surface area contributed by atoms with Gasteiger partial charge >= 0.3 is 0 Å². The number of hydrogen-bond acceptors (Lipinski definition) is 6. The van der Waals surface area contributed by atoms with Gasteiger partial charge in [-0.1, -0.05) is 30.3 Å². The standard InChI is InChI=1S/C25H25N7O3S/c1-29-16-24(28-19-29)36(34,35)31(14-21-6-4-3-5-7-21)17-25(33)32(15-23-13-27-18-30(23)2)22-10-8-20(12-26)9-11-22/h3-11,13,16,18-19H,14-15,17H2,1-2H3.